The number of nitrogens with zero attached hydrogens (tertiary/aromatic N) is 3. The first-order valence-electron chi connectivity index (χ1n) is 7.66. The molecule has 2 rings (SSSR count). The van der Waals surface area contributed by atoms with Crippen molar-refractivity contribution in [2.45, 2.75) is 45.2 Å². The smallest absolute Gasteiger partial charge is 0.233 e. The average molecular weight is 278 g/mol. The lowest BCUT2D eigenvalue weighted by Gasteiger charge is -2.31. The molecule has 1 saturated heterocycles. The summed E-state index contributed by atoms with van der Waals surface area (Å²) in [6, 6.07) is 4.41. The molecule has 1 N–H and O–H groups in total. The van der Waals surface area contributed by atoms with Gasteiger partial charge >= 0.3 is 0 Å². The second kappa shape index (κ2) is 8.17. The van der Waals surface area contributed by atoms with Gasteiger partial charge in [0.05, 0.1) is 5.69 Å². The number of likely N-dealkylation sites (N-methyl/N-ethyl adjacent to an activating group) is 1. The van der Waals surface area contributed by atoms with Gasteiger partial charge in [-0.05, 0) is 45.5 Å². The Hall–Kier alpha value is -1.20. The molecule has 0 saturated carbocycles. The number of ether oxygens (including phenoxy) is 1. The van der Waals surface area contributed by atoms with E-state index < -0.39 is 0 Å². The van der Waals surface area contributed by atoms with E-state index in [-0.39, 0.29) is 0 Å². The maximum absolute atomic E-state index is 5.76. The third kappa shape index (κ3) is 4.72. The van der Waals surface area contributed by atoms with Crippen molar-refractivity contribution in [1.82, 2.24) is 20.4 Å². The Morgan fingerprint density at radius 3 is 2.95 bits per heavy atom. The highest BCUT2D eigenvalue weighted by Gasteiger charge is 2.19. The van der Waals surface area contributed by atoms with Gasteiger partial charge < -0.3 is 15.0 Å². The Balaban J connectivity index is 1.75. The average Bonchev–Trinajstić information content (AvgIpc) is 2.48. The Kier molecular flexibility index (Phi) is 6.21. The van der Waals surface area contributed by atoms with Gasteiger partial charge in [0.15, 0.2) is 0 Å². The van der Waals surface area contributed by atoms with E-state index in [0.717, 1.165) is 25.2 Å². The first-order valence-corrected chi connectivity index (χ1v) is 7.66. The predicted molar refractivity (Wildman–Crippen MR) is 79.8 cm³/mol. The molecule has 1 aromatic heterocycles. The lowest BCUT2D eigenvalue weighted by Crippen LogP contribution is -2.40. The summed E-state index contributed by atoms with van der Waals surface area (Å²) >= 11 is 0. The van der Waals surface area contributed by atoms with Crippen LogP contribution in [0.4, 0.5) is 0 Å². The second-order valence-corrected chi connectivity index (χ2v) is 5.48. The second-order valence-electron chi connectivity index (χ2n) is 5.48. The molecule has 0 aliphatic carbocycles. The molecule has 0 spiro atoms. The van der Waals surface area contributed by atoms with Crippen LogP contribution < -0.4 is 10.1 Å². The minimum absolute atomic E-state index is 0.511. The number of aromatic nitrogens is 2. The summed E-state index contributed by atoms with van der Waals surface area (Å²) in [7, 11) is 2.17. The van der Waals surface area contributed by atoms with Gasteiger partial charge in [-0.2, -0.15) is 5.10 Å². The van der Waals surface area contributed by atoms with Gasteiger partial charge in [-0.15, -0.1) is 5.10 Å². The molecular formula is C15H26N4O. The van der Waals surface area contributed by atoms with Crippen molar-refractivity contribution in [2.24, 2.45) is 0 Å². The van der Waals surface area contributed by atoms with Crippen LogP contribution in [0.5, 0.6) is 5.88 Å². The van der Waals surface area contributed by atoms with Crippen LogP contribution in [0.15, 0.2) is 12.1 Å². The molecule has 112 valence electrons. The highest BCUT2D eigenvalue weighted by molar-refractivity contribution is 5.11. The maximum Gasteiger partial charge on any atom is 0.233 e. The summed E-state index contributed by atoms with van der Waals surface area (Å²) in [6.07, 6.45) is 4.94. The fourth-order valence-corrected chi connectivity index (χ4v) is 2.45. The molecular weight excluding hydrogens is 252 g/mol. The summed E-state index contributed by atoms with van der Waals surface area (Å²) in [5.41, 5.74) is 0.959. The summed E-state index contributed by atoms with van der Waals surface area (Å²) < 4.78 is 5.76. The molecule has 1 atom stereocenters. The van der Waals surface area contributed by atoms with Crippen LogP contribution in [0.1, 0.15) is 38.3 Å². The van der Waals surface area contributed by atoms with Crippen molar-refractivity contribution in [3.05, 3.63) is 17.8 Å². The zero-order valence-corrected chi connectivity index (χ0v) is 12.6. The van der Waals surface area contributed by atoms with E-state index in [1.807, 2.05) is 12.1 Å². The Morgan fingerprint density at radius 2 is 2.25 bits per heavy atom. The molecule has 1 aliphatic heterocycles. The predicted octanol–water partition coefficient (Wildman–Crippen LogP) is 1.84. The number of likely N-dealkylation sites (tertiary alicyclic amines) is 1. The van der Waals surface area contributed by atoms with Crippen LogP contribution in [0.25, 0.3) is 0 Å². The van der Waals surface area contributed by atoms with Crippen molar-refractivity contribution in [2.75, 3.05) is 26.7 Å². The van der Waals surface area contributed by atoms with Gasteiger partial charge in [0.2, 0.25) is 5.88 Å². The third-order valence-corrected chi connectivity index (χ3v) is 3.77. The van der Waals surface area contributed by atoms with Crippen LogP contribution in [0.2, 0.25) is 0 Å². The van der Waals surface area contributed by atoms with E-state index in [0.29, 0.717) is 18.5 Å². The van der Waals surface area contributed by atoms with Crippen LogP contribution >= 0.6 is 0 Å². The Labute approximate surface area is 121 Å². The molecule has 1 aromatic rings. The van der Waals surface area contributed by atoms with Crippen LogP contribution in [0.3, 0.4) is 0 Å². The molecule has 0 aromatic carbocycles. The summed E-state index contributed by atoms with van der Waals surface area (Å²) in [5.74, 6) is 0.628. The molecule has 20 heavy (non-hydrogen) atoms. The summed E-state index contributed by atoms with van der Waals surface area (Å²) in [6.45, 7) is 5.80. The van der Waals surface area contributed by atoms with Crippen molar-refractivity contribution < 1.29 is 4.74 Å². The van der Waals surface area contributed by atoms with E-state index in [9.17, 15) is 0 Å². The lowest BCUT2D eigenvalue weighted by atomic mass is 10.0. The van der Waals surface area contributed by atoms with Crippen molar-refractivity contribution in [1.29, 1.82) is 0 Å². The highest BCUT2D eigenvalue weighted by Crippen LogP contribution is 2.16. The number of hydrogen-bond acceptors (Lipinski definition) is 5. The number of hydrogen-bond donors (Lipinski definition) is 1. The number of piperidine rings is 1. The first kappa shape index (κ1) is 15.2. The monoisotopic (exact) mass is 278 g/mol. The van der Waals surface area contributed by atoms with E-state index >= 15 is 0 Å². The molecule has 1 fully saturated rings. The van der Waals surface area contributed by atoms with Gasteiger partial charge in [-0.25, -0.2) is 0 Å². The fraction of sp³-hybridized carbons (Fsp3) is 0.733. The zero-order chi connectivity index (χ0) is 14.2. The molecule has 1 aliphatic rings. The SMILES string of the molecule is CCCNCc1ccc(OCC2CCCCN2C)nn1. The molecule has 0 bridgehead atoms. The van der Waals surface area contributed by atoms with Crippen molar-refractivity contribution in [3.8, 4) is 5.88 Å². The van der Waals surface area contributed by atoms with Crippen LogP contribution in [-0.2, 0) is 6.54 Å². The van der Waals surface area contributed by atoms with E-state index in [1.165, 1.54) is 25.8 Å². The lowest BCUT2D eigenvalue weighted by molar-refractivity contribution is 0.122. The largest absolute Gasteiger partial charge is 0.475 e. The number of rotatable bonds is 7. The van der Waals surface area contributed by atoms with Gasteiger partial charge in [-0.3, -0.25) is 0 Å². The standard InChI is InChI=1S/C15H26N4O/c1-3-9-16-11-13-7-8-15(18-17-13)20-12-14-6-4-5-10-19(14)2/h7-8,14,16H,3-6,9-12H2,1-2H3. The molecule has 2 heterocycles. The topological polar surface area (TPSA) is 50.3 Å². The zero-order valence-electron chi connectivity index (χ0n) is 12.6. The van der Waals surface area contributed by atoms with Gasteiger partial charge in [0.25, 0.3) is 0 Å². The molecule has 0 amide bonds. The minimum atomic E-state index is 0.511. The number of nitrogens with one attached hydrogen (secondary N) is 1. The van der Waals surface area contributed by atoms with E-state index in [1.54, 1.807) is 0 Å². The molecule has 5 nitrogen and oxygen atoms in total. The maximum atomic E-state index is 5.76. The van der Waals surface area contributed by atoms with Gasteiger partial charge in [0, 0.05) is 18.7 Å². The van der Waals surface area contributed by atoms with Crippen molar-refractivity contribution >= 4 is 0 Å². The van der Waals surface area contributed by atoms with Gasteiger partial charge in [0.1, 0.15) is 6.61 Å². The molecule has 1 unspecified atom stereocenters. The summed E-state index contributed by atoms with van der Waals surface area (Å²) in [4.78, 5) is 2.37. The molecule has 0 radical (unpaired) electrons. The van der Waals surface area contributed by atoms with E-state index in [4.69, 9.17) is 4.74 Å². The van der Waals surface area contributed by atoms with Crippen LogP contribution in [-0.4, -0.2) is 47.9 Å². The summed E-state index contributed by atoms with van der Waals surface area (Å²) in [5, 5.41) is 11.6. The first-order chi connectivity index (χ1) is 9.79. The Bertz CT molecular complexity index is 382. The minimum Gasteiger partial charge on any atom is -0.475 e. The quantitative estimate of drug-likeness (QED) is 0.771. The third-order valence-electron chi connectivity index (χ3n) is 3.77. The van der Waals surface area contributed by atoms with Crippen molar-refractivity contribution in [3.63, 3.8) is 0 Å². The van der Waals surface area contributed by atoms with Crippen LogP contribution in [0, 0.1) is 0 Å². The van der Waals surface area contributed by atoms with E-state index in [2.05, 4.69) is 34.4 Å². The van der Waals surface area contributed by atoms with Gasteiger partial charge in [-0.1, -0.05) is 13.3 Å². The molecule has 5 heteroatoms. The normalized spacial score (nSPS) is 20.0. The fourth-order valence-electron chi connectivity index (χ4n) is 2.45. The Morgan fingerprint density at radius 1 is 1.35 bits per heavy atom. The highest BCUT2D eigenvalue weighted by atomic mass is 16.5.